The third-order valence-corrected chi connectivity index (χ3v) is 3.93. The summed E-state index contributed by atoms with van der Waals surface area (Å²) in [5, 5.41) is 3.69. The standard InChI is InChI=1S/C11H21N/c1-9(2)10-8-12-11(10)6-4-3-5-7-11/h9-10,12H,3-8H2,1-2H3. The minimum absolute atomic E-state index is 0.590. The topological polar surface area (TPSA) is 12.0 Å². The Morgan fingerprint density at radius 3 is 2.25 bits per heavy atom. The maximum Gasteiger partial charge on any atom is 0.0224 e. The van der Waals surface area contributed by atoms with E-state index in [0.717, 1.165) is 11.8 Å². The summed E-state index contributed by atoms with van der Waals surface area (Å²) in [5.74, 6) is 1.85. The lowest BCUT2D eigenvalue weighted by Crippen LogP contribution is -2.67. The van der Waals surface area contributed by atoms with Gasteiger partial charge in [0.2, 0.25) is 0 Å². The van der Waals surface area contributed by atoms with Crippen molar-refractivity contribution >= 4 is 0 Å². The van der Waals surface area contributed by atoms with Crippen LogP contribution in [0, 0.1) is 11.8 Å². The van der Waals surface area contributed by atoms with Crippen LogP contribution < -0.4 is 5.32 Å². The van der Waals surface area contributed by atoms with Crippen molar-refractivity contribution in [3.63, 3.8) is 0 Å². The van der Waals surface area contributed by atoms with Crippen LogP contribution in [0.2, 0.25) is 0 Å². The van der Waals surface area contributed by atoms with Gasteiger partial charge in [-0.2, -0.15) is 0 Å². The minimum Gasteiger partial charge on any atom is -0.311 e. The monoisotopic (exact) mass is 167 g/mol. The van der Waals surface area contributed by atoms with Crippen molar-refractivity contribution < 1.29 is 0 Å². The molecule has 1 nitrogen and oxygen atoms in total. The quantitative estimate of drug-likeness (QED) is 0.633. The van der Waals surface area contributed by atoms with Gasteiger partial charge in [-0.05, 0) is 24.7 Å². The van der Waals surface area contributed by atoms with E-state index in [1.807, 2.05) is 0 Å². The summed E-state index contributed by atoms with van der Waals surface area (Å²) in [4.78, 5) is 0. The Labute approximate surface area is 75.9 Å². The zero-order valence-electron chi connectivity index (χ0n) is 8.40. The Bertz CT molecular complexity index is 156. The molecule has 2 fully saturated rings. The second kappa shape index (κ2) is 3.02. The van der Waals surface area contributed by atoms with Crippen LogP contribution >= 0.6 is 0 Å². The second-order valence-electron chi connectivity index (χ2n) is 4.95. The molecule has 0 aromatic heterocycles. The summed E-state index contributed by atoms with van der Waals surface area (Å²) in [6.45, 7) is 6.03. The van der Waals surface area contributed by atoms with E-state index in [4.69, 9.17) is 0 Å². The predicted molar refractivity (Wildman–Crippen MR) is 52.1 cm³/mol. The van der Waals surface area contributed by atoms with Gasteiger partial charge in [-0.3, -0.25) is 0 Å². The fourth-order valence-corrected chi connectivity index (χ4v) is 3.11. The van der Waals surface area contributed by atoms with E-state index < -0.39 is 0 Å². The van der Waals surface area contributed by atoms with Crippen LogP contribution in [-0.2, 0) is 0 Å². The van der Waals surface area contributed by atoms with E-state index in [1.54, 1.807) is 0 Å². The molecule has 70 valence electrons. The van der Waals surface area contributed by atoms with E-state index in [0.29, 0.717) is 5.54 Å². The molecule has 2 rings (SSSR count). The van der Waals surface area contributed by atoms with Gasteiger partial charge in [0.25, 0.3) is 0 Å². The van der Waals surface area contributed by atoms with Crippen LogP contribution in [-0.4, -0.2) is 12.1 Å². The van der Waals surface area contributed by atoms with Gasteiger partial charge in [-0.15, -0.1) is 0 Å². The zero-order valence-corrected chi connectivity index (χ0v) is 8.40. The van der Waals surface area contributed by atoms with Gasteiger partial charge >= 0.3 is 0 Å². The van der Waals surface area contributed by atoms with Gasteiger partial charge < -0.3 is 5.32 Å². The molecule has 0 radical (unpaired) electrons. The van der Waals surface area contributed by atoms with Crippen molar-refractivity contribution in [2.75, 3.05) is 6.54 Å². The first-order valence-electron chi connectivity index (χ1n) is 5.50. The van der Waals surface area contributed by atoms with Crippen LogP contribution in [0.15, 0.2) is 0 Å². The second-order valence-corrected chi connectivity index (χ2v) is 4.95. The molecule has 1 heterocycles. The van der Waals surface area contributed by atoms with Crippen molar-refractivity contribution in [2.45, 2.75) is 51.5 Å². The Balaban J connectivity index is 2.00. The molecule has 1 atom stereocenters. The average Bonchev–Trinajstić information content (AvgIpc) is 2.03. The van der Waals surface area contributed by atoms with Gasteiger partial charge in [0.15, 0.2) is 0 Å². The van der Waals surface area contributed by atoms with Gasteiger partial charge in [0.05, 0.1) is 0 Å². The highest BCUT2D eigenvalue weighted by Gasteiger charge is 2.47. The minimum atomic E-state index is 0.590. The predicted octanol–water partition coefficient (Wildman–Crippen LogP) is 2.56. The maximum absolute atomic E-state index is 3.69. The zero-order chi connectivity index (χ0) is 8.60. The Morgan fingerprint density at radius 1 is 1.17 bits per heavy atom. The lowest BCUT2D eigenvalue weighted by molar-refractivity contribution is 0.0257. The van der Waals surface area contributed by atoms with Crippen molar-refractivity contribution in [1.29, 1.82) is 0 Å². The van der Waals surface area contributed by atoms with E-state index in [1.165, 1.54) is 38.6 Å². The largest absolute Gasteiger partial charge is 0.311 e. The van der Waals surface area contributed by atoms with Gasteiger partial charge in [-0.1, -0.05) is 33.1 Å². The average molecular weight is 167 g/mol. The summed E-state index contributed by atoms with van der Waals surface area (Å²) < 4.78 is 0. The first kappa shape index (κ1) is 8.55. The van der Waals surface area contributed by atoms with E-state index in [9.17, 15) is 0 Å². The Morgan fingerprint density at radius 2 is 1.83 bits per heavy atom. The molecule has 1 heteroatoms. The van der Waals surface area contributed by atoms with E-state index in [-0.39, 0.29) is 0 Å². The fraction of sp³-hybridized carbons (Fsp3) is 1.00. The summed E-state index contributed by atoms with van der Waals surface area (Å²) in [5.41, 5.74) is 0.590. The first-order chi connectivity index (χ1) is 5.75. The van der Waals surface area contributed by atoms with Gasteiger partial charge in [0.1, 0.15) is 0 Å². The van der Waals surface area contributed by atoms with Crippen LogP contribution in [0.3, 0.4) is 0 Å². The number of nitrogens with one attached hydrogen (secondary N) is 1. The molecule has 12 heavy (non-hydrogen) atoms. The van der Waals surface area contributed by atoms with Crippen LogP contribution in [0.5, 0.6) is 0 Å². The van der Waals surface area contributed by atoms with Crippen LogP contribution in [0.1, 0.15) is 46.0 Å². The highest BCUT2D eigenvalue weighted by molar-refractivity contribution is 5.05. The van der Waals surface area contributed by atoms with Crippen molar-refractivity contribution in [2.24, 2.45) is 11.8 Å². The van der Waals surface area contributed by atoms with Crippen LogP contribution in [0.4, 0.5) is 0 Å². The van der Waals surface area contributed by atoms with Gasteiger partial charge in [-0.25, -0.2) is 0 Å². The van der Waals surface area contributed by atoms with Crippen molar-refractivity contribution in [3.8, 4) is 0 Å². The van der Waals surface area contributed by atoms with Crippen molar-refractivity contribution in [3.05, 3.63) is 0 Å². The van der Waals surface area contributed by atoms with Gasteiger partial charge in [0, 0.05) is 12.1 Å². The van der Waals surface area contributed by atoms with E-state index >= 15 is 0 Å². The number of rotatable bonds is 1. The molecule has 1 spiro atoms. The molecule has 1 N–H and O–H groups in total. The summed E-state index contributed by atoms with van der Waals surface area (Å²) in [7, 11) is 0. The molecular formula is C11H21N. The molecule has 1 saturated heterocycles. The fourth-order valence-electron chi connectivity index (χ4n) is 3.11. The molecule has 0 bridgehead atoms. The molecule has 0 aromatic rings. The molecule has 1 saturated carbocycles. The van der Waals surface area contributed by atoms with Crippen molar-refractivity contribution in [1.82, 2.24) is 5.32 Å². The summed E-state index contributed by atoms with van der Waals surface area (Å²) >= 11 is 0. The Hall–Kier alpha value is -0.0400. The molecule has 0 aromatic carbocycles. The lowest BCUT2D eigenvalue weighted by Gasteiger charge is -2.55. The molecular weight excluding hydrogens is 146 g/mol. The van der Waals surface area contributed by atoms with Crippen LogP contribution in [0.25, 0.3) is 0 Å². The first-order valence-corrected chi connectivity index (χ1v) is 5.50. The highest BCUT2D eigenvalue weighted by atomic mass is 15.1. The lowest BCUT2D eigenvalue weighted by atomic mass is 9.63. The smallest absolute Gasteiger partial charge is 0.0224 e. The molecule has 1 aliphatic heterocycles. The summed E-state index contributed by atoms with van der Waals surface area (Å²) in [6.07, 6.45) is 7.26. The summed E-state index contributed by atoms with van der Waals surface area (Å²) in [6, 6.07) is 0. The Kier molecular flexibility index (Phi) is 2.16. The number of hydrogen-bond acceptors (Lipinski definition) is 1. The molecule has 1 unspecified atom stereocenters. The number of hydrogen-bond donors (Lipinski definition) is 1. The maximum atomic E-state index is 3.69. The SMILES string of the molecule is CC(C)C1CNC12CCCCC2. The van der Waals surface area contributed by atoms with E-state index in [2.05, 4.69) is 19.2 Å². The molecule has 0 amide bonds. The third kappa shape index (κ3) is 1.19. The molecule has 1 aliphatic carbocycles. The molecule has 2 aliphatic rings. The highest BCUT2D eigenvalue weighted by Crippen LogP contribution is 2.42. The normalized spacial score (nSPS) is 33.8. The third-order valence-electron chi connectivity index (χ3n) is 3.93.